The van der Waals surface area contributed by atoms with Gasteiger partial charge in [0.15, 0.2) is 6.10 Å². The Balaban J connectivity index is 1.66. The van der Waals surface area contributed by atoms with Crippen molar-refractivity contribution in [1.82, 2.24) is 0 Å². The fourth-order valence-electron chi connectivity index (χ4n) is 2.54. The highest BCUT2D eigenvalue weighted by Gasteiger charge is 2.24. The fraction of sp³-hybridized carbons (Fsp3) is 0.200. The molecule has 0 aromatic heterocycles. The summed E-state index contributed by atoms with van der Waals surface area (Å²) in [7, 11) is 1.48. The van der Waals surface area contributed by atoms with Crippen molar-refractivity contribution in [2.75, 3.05) is 19.0 Å². The lowest BCUT2D eigenvalue weighted by Crippen LogP contribution is -2.31. The lowest BCUT2D eigenvalue weighted by Gasteiger charge is -2.19. The van der Waals surface area contributed by atoms with Gasteiger partial charge in [-0.05, 0) is 37.3 Å². The molecule has 1 atom stereocenters. The largest absolute Gasteiger partial charge is 0.495 e. The SMILES string of the molecule is COc1ccc(Cl)cc1NC(=O)[C@H](C)OC(=O)C1=Cc2ccccc2OC1. The molecular weight excluding hydrogens is 370 g/mol. The molecule has 0 aliphatic carbocycles. The van der Waals surface area contributed by atoms with Crippen LogP contribution in [0, 0.1) is 0 Å². The second kappa shape index (κ2) is 8.14. The maximum absolute atomic E-state index is 12.4. The molecule has 2 aromatic carbocycles. The number of rotatable bonds is 5. The molecule has 0 fully saturated rings. The average molecular weight is 388 g/mol. The molecule has 7 heteroatoms. The standard InChI is InChI=1S/C20H18ClNO5/c1-12(19(23)22-16-10-15(21)7-8-18(16)25-2)27-20(24)14-9-13-5-3-4-6-17(13)26-11-14/h3-10,12H,11H2,1-2H3,(H,22,23)/t12-/m0/s1. The van der Waals surface area contributed by atoms with Crippen molar-refractivity contribution < 1.29 is 23.8 Å². The van der Waals surface area contributed by atoms with Gasteiger partial charge in [-0.25, -0.2) is 4.79 Å². The van der Waals surface area contributed by atoms with E-state index in [1.807, 2.05) is 24.3 Å². The van der Waals surface area contributed by atoms with Crippen molar-refractivity contribution >= 4 is 35.2 Å². The van der Waals surface area contributed by atoms with E-state index < -0.39 is 18.0 Å². The Morgan fingerprint density at radius 2 is 2.00 bits per heavy atom. The maximum Gasteiger partial charge on any atom is 0.338 e. The predicted octanol–water partition coefficient (Wildman–Crippen LogP) is 3.69. The van der Waals surface area contributed by atoms with E-state index in [4.69, 9.17) is 25.8 Å². The second-order valence-electron chi connectivity index (χ2n) is 5.88. The second-order valence-corrected chi connectivity index (χ2v) is 6.31. The van der Waals surface area contributed by atoms with Crippen LogP contribution in [0.3, 0.4) is 0 Å². The third kappa shape index (κ3) is 4.41. The number of hydrogen-bond donors (Lipinski definition) is 1. The Bertz CT molecular complexity index is 909. The molecule has 2 aromatic rings. The molecule has 0 bridgehead atoms. The molecule has 1 amide bonds. The molecule has 0 spiro atoms. The van der Waals surface area contributed by atoms with E-state index in [-0.39, 0.29) is 6.61 Å². The van der Waals surface area contributed by atoms with E-state index in [9.17, 15) is 9.59 Å². The third-order valence-electron chi connectivity index (χ3n) is 3.97. The van der Waals surface area contributed by atoms with Crippen LogP contribution in [0.4, 0.5) is 5.69 Å². The maximum atomic E-state index is 12.4. The molecule has 0 radical (unpaired) electrons. The van der Waals surface area contributed by atoms with Crippen molar-refractivity contribution in [3.8, 4) is 11.5 Å². The summed E-state index contributed by atoms with van der Waals surface area (Å²) in [6.07, 6.45) is 0.686. The number of esters is 1. The number of methoxy groups -OCH3 is 1. The summed E-state index contributed by atoms with van der Waals surface area (Å²) in [5.74, 6) is 0.0472. The number of ether oxygens (including phenoxy) is 3. The van der Waals surface area contributed by atoms with E-state index in [1.54, 1.807) is 24.3 Å². The zero-order valence-corrected chi connectivity index (χ0v) is 15.6. The summed E-state index contributed by atoms with van der Waals surface area (Å²) < 4.78 is 16.0. The van der Waals surface area contributed by atoms with E-state index in [1.165, 1.54) is 14.0 Å². The van der Waals surface area contributed by atoms with Gasteiger partial charge in [-0.3, -0.25) is 4.79 Å². The number of nitrogens with one attached hydrogen (secondary N) is 1. The molecule has 140 valence electrons. The molecule has 1 N–H and O–H groups in total. The number of fused-ring (bicyclic) bond motifs is 1. The minimum absolute atomic E-state index is 0.0896. The summed E-state index contributed by atoms with van der Waals surface area (Å²) in [6, 6.07) is 12.2. The highest BCUT2D eigenvalue weighted by Crippen LogP contribution is 2.28. The molecule has 0 saturated heterocycles. The minimum Gasteiger partial charge on any atom is -0.495 e. The van der Waals surface area contributed by atoms with Crippen LogP contribution in [0.1, 0.15) is 12.5 Å². The van der Waals surface area contributed by atoms with Gasteiger partial charge in [0.05, 0.1) is 18.4 Å². The number of anilines is 1. The van der Waals surface area contributed by atoms with Gasteiger partial charge in [-0.15, -0.1) is 0 Å². The van der Waals surface area contributed by atoms with Crippen LogP contribution in [0.2, 0.25) is 5.02 Å². The van der Waals surface area contributed by atoms with E-state index in [0.29, 0.717) is 27.8 Å². The molecule has 1 aliphatic rings. The summed E-state index contributed by atoms with van der Waals surface area (Å²) in [6.45, 7) is 1.58. The Labute approximate surface area is 161 Å². The van der Waals surface area contributed by atoms with E-state index >= 15 is 0 Å². The first-order chi connectivity index (χ1) is 13.0. The van der Waals surface area contributed by atoms with Crippen LogP contribution in [-0.4, -0.2) is 31.7 Å². The highest BCUT2D eigenvalue weighted by atomic mass is 35.5. The Morgan fingerprint density at radius 1 is 1.22 bits per heavy atom. The van der Waals surface area contributed by atoms with Crippen LogP contribution in [0.25, 0.3) is 6.08 Å². The van der Waals surface area contributed by atoms with E-state index in [0.717, 1.165) is 5.56 Å². The summed E-state index contributed by atoms with van der Waals surface area (Å²) in [5.41, 5.74) is 1.53. The number of halogens is 1. The quantitative estimate of drug-likeness (QED) is 0.792. The average Bonchev–Trinajstić information content (AvgIpc) is 2.67. The monoisotopic (exact) mass is 387 g/mol. The molecular formula is C20H18ClNO5. The van der Waals surface area contributed by atoms with Gasteiger partial charge in [-0.2, -0.15) is 0 Å². The van der Waals surface area contributed by atoms with Gasteiger partial charge < -0.3 is 19.5 Å². The van der Waals surface area contributed by atoms with Crippen molar-refractivity contribution in [3.05, 3.63) is 58.6 Å². The first-order valence-corrected chi connectivity index (χ1v) is 8.63. The molecule has 0 saturated carbocycles. The molecule has 6 nitrogen and oxygen atoms in total. The van der Waals surface area contributed by atoms with Gasteiger partial charge in [0.25, 0.3) is 5.91 Å². The zero-order valence-electron chi connectivity index (χ0n) is 14.8. The highest BCUT2D eigenvalue weighted by molar-refractivity contribution is 6.31. The van der Waals surface area contributed by atoms with Crippen molar-refractivity contribution in [3.63, 3.8) is 0 Å². The number of carbonyl (C=O) groups is 2. The number of benzene rings is 2. The van der Waals surface area contributed by atoms with Crippen LogP contribution in [0.15, 0.2) is 48.0 Å². The Hall–Kier alpha value is -2.99. The number of para-hydroxylation sites is 1. The molecule has 0 unspecified atom stereocenters. The molecule has 27 heavy (non-hydrogen) atoms. The first kappa shape index (κ1) is 18.8. The van der Waals surface area contributed by atoms with E-state index in [2.05, 4.69) is 5.32 Å². The first-order valence-electron chi connectivity index (χ1n) is 8.25. The Kier molecular flexibility index (Phi) is 5.66. The Morgan fingerprint density at radius 3 is 2.78 bits per heavy atom. The van der Waals surface area contributed by atoms with Crippen LogP contribution < -0.4 is 14.8 Å². The summed E-state index contributed by atoms with van der Waals surface area (Å²) >= 11 is 5.95. The van der Waals surface area contributed by atoms with Crippen molar-refractivity contribution in [2.45, 2.75) is 13.0 Å². The topological polar surface area (TPSA) is 73.9 Å². The number of amides is 1. The number of hydrogen-bond acceptors (Lipinski definition) is 5. The van der Waals surface area contributed by atoms with Crippen LogP contribution in [0.5, 0.6) is 11.5 Å². The van der Waals surface area contributed by atoms with Gasteiger partial charge in [0.2, 0.25) is 0 Å². The molecule has 1 aliphatic heterocycles. The molecule has 1 heterocycles. The third-order valence-corrected chi connectivity index (χ3v) is 4.20. The fourth-order valence-corrected chi connectivity index (χ4v) is 2.71. The lowest BCUT2D eigenvalue weighted by molar-refractivity contribution is -0.149. The van der Waals surface area contributed by atoms with Crippen LogP contribution >= 0.6 is 11.6 Å². The smallest absolute Gasteiger partial charge is 0.338 e. The predicted molar refractivity (Wildman–Crippen MR) is 102 cm³/mol. The van der Waals surface area contributed by atoms with Crippen molar-refractivity contribution in [1.29, 1.82) is 0 Å². The minimum atomic E-state index is -1.01. The van der Waals surface area contributed by atoms with Crippen molar-refractivity contribution in [2.24, 2.45) is 0 Å². The lowest BCUT2D eigenvalue weighted by atomic mass is 10.1. The number of carbonyl (C=O) groups excluding carboxylic acids is 2. The molecule has 3 rings (SSSR count). The van der Waals surface area contributed by atoms with Gasteiger partial charge in [0.1, 0.15) is 18.1 Å². The summed E-state index contributed by atoms with van der Waals surface area (Å²) in [5, 5.41) is 3.09. The van der Waals surface area contributed by atoms with Gasteiger partial charge in [-0.1, -0.05) is 29.8 Å². The zero-order chi connectivity index (χ0) is 19.4. The van der Waals surface area contributed by atoms with Gasteiger partial charge >= 0.3 is 5.97 Å². The van der Waals surface area contributed by atoms with Crippen LogP contribution in [-0.2, 0) is 14.3 Å². The normalized spacial score (nSPS) is 13.5. The summed E-state index contributed by atoms with van der Waals surface area (Å²) in [4.78, 5) is 24.7. The van der Waals surface area contributed by atoms with Gasteiger partial charge in [0, 0.05) is 10.6 Å².